The summed E-state index contributed by atoms with van der Waals surface area (Å²) in [6.45, 7) is 6.54. The number of rotatable bonds is 3. The van der Waals surface area contributed by atoms with Gasteiger partial charge in [0.25, 0.3) is 0 Å². The van der Waals surface area contributed by atoms with Crippen LogP contribution in [0.25, 0.3) is 0 Å². The van der Waals surface area contributed by atoms with Gasteiger partial charge in [0.1, 0.15) is 5.84 Å². The second-order valence-corrected chi connectivity index (χ2v) is 5.31. The van der Waals surface area contributed by atoms with Crippen LogP contribution < -0.4 is 0 Å². The molecule has 1 atom stereocenters. The lowest BCUT2D eigenvalue weighted by Gasteiger charge is -2.28. The molecule has 3 nitrogen and oxygen atoms in total. The molecule has 1 aromatic carbocycles. The van der Waals surface area contributed by atoms with Crippen molar-refractivity contribution in [1.82, 2.24) is 9.80 Å². The van der Waals surface area contributed by atoms with E-state index in [-0.39, 0.29) is 0 Å². The van der Waals surface area contributed by atoms with Crippen molar-refractivity contribution in [1.29, 1.82) is 5.41 Å². The van der Waals surface area contributed by atoms with Gasteiger partial charge in [-0.3, -0.25) is 10.3 Å². The third kappa shape index (κ3) is 1.93. The van der Waals surface area contributed by atoms with E-state index in [4.69, 9.17) is 5.41 Å². The molecule has 0 radical (unpaired) electrons. The Labute approximate surface area is 109 Å². The third-order valence-electron chi connectivity index (χ3n) is 4.29. The number of nitrogens with one attached hydrogen (secondary N) is 1. The molecule has 0 bridgehead atoms. The molecular weight excluding hydrogens is 222 g/mol. The quantitative estimate of drug-likeness (QED) is 0.883. The van der Waals surface area contributed by atoms with Crippen molar-refractivity contribution >= 4 is 5.84 Å². The third-order valence-corrected chi connectivity index (χ3v) is 4.29. The van der Waals surface area contributed by atoms with E-state index < -0.39 is 0 Å². The number of fused-ring (bicyclic) bond motifs is 1. The first-order valence-electron chi connectivity index (χ1n) is 6.95. The summed E-state index contributed by atoms with van der Waals surface area (Å²) in [6.07, 6.45) is 2.60. The molecule has 18 heavy (non-hydrogen) atoms. The van der Waals surface area contributed by atoms with E-state index in [0.717, 1.165) is 25.2 Å². The predicted molar refractivity (Wildman–Crippen MR) is 73.9 cm³/mol. The Kier molecular flexibility index (Phi) is 3.08. The van der Waals surface area contributed by atoms with Crippen molar-refractivity contribution < 1.29 is 0 Å². The van der Waals surface area contributed by atoms with Gasteiger partial charge in [-0.1, -0.05) is 31.2 Å². The summed E-state index contributed by atoms with van der Waals surface area (Å²) in [5, 5.41) is 8.28. The molecule has 1 aromatic rings. The minimum absolute atomic E-state index is 0.643. The summed E-state index contributed by atoms with van der Waals surface area (Å²) >= 11 is 0. The highest BCUT2D eigenvalue weighted by molar-refractivity contribution is 6.00. The van der Waals surface area contributed by atoms with Crippen LogP contribution in [0.15, 0.2) is 24.3 Å². The maximum atomic E-state index is 8.28. The van der Waals surface area contributed by atoms with Crippen LogP contribution in [0.1, 0.15) is 30.9 Å². The number of amidine groups is 1. The fourth-order valence-electron chi connectivity index (χ4n) is 3.27. The lowest BCUT2D eigenvalue weighted by Crippen LogP contribution is -2.40. The monoisotopic (exact) mass is 243 g/mol. The van der Waals surface area contributed by atoms with Gasteiger partial charge in [-0.2, -0.15) is 0 Å². The largest absolute Gasteiger partial charge is 0.351 e. The molecule has 1 fully saturated rings. The number of likely N-dealkylation sites (tertiary alicyclic amines) is 1. The first-order valence-corrected chi connectivity index (χ1v) is 6.95. The van der Waals surface area contributed by atoms with Crippen LogP contribution in [0.3, 0.4) is 0 Å². The lowest BCUT2D eigenvalue weighted by atomic mass is 10.1. The summed E-state index contributed by atoms with van der Waals surface area (Å²) < 4.78 is 0. The Hall–Kier alpha value is -1.35. The van der Waals surface area contributed by atoms with Crippen molar-refractivity contribution in [3.05, 3.63) is 35.4 Å². The highest BCUT2D eigenvalue weighted by atomic mass is 15.3. The summed E-state index contributed by atoms with van der Waals surface area (Å²) in [7, 11) is 0. The molecule has 1 saturated heterocycles. The molecule has 96 valence electrons. The fraction of sp³-hybridized carbons (Fsp3) is 0.533. The molecule has 2 aliphatic heterocycles. The van der Waals surface area contributed by atoms with Crippen molar-refractivity contribution in [2.75, 3.05) is 19.6 Å². The van der Waals surface area contributed by atoms with Gasteiger partial charge in [0.2, 0.25) is 0 Å². The summed E-state index contributed by atoms with van der Waals surface area (Å²) in [6, 6.07) is 8.97. The van der Waals surface area contributed by atoms with Crippen molar-refractivity contribution in [2.24, 2.45) is 0 Å². The zero-order valence-electron chi connectivity index (χ0n) is 11.0. The van der Waals surface area contributed by atoms with Gasteiger partial charge in [0.05, 0.1) is 0 Å². The van der Waals surface area contributed by atoms with Crippen molar-refractivity contribution in [3.63, 3.8) is 0 Å². The van der Waals surface area contributed by atoms with Gasteiger partial charge in [0.15, 0.2) is 0 Å². The van der Waals surface area contributed by atoms with Crippen molar-refractivity contribution in [3.8, 4) is 0 Å². The highest BCUT2D eigenvalue weighted by Crippen LogP contribution is 2.25. The number of hydrogen-bond donors (Lipinski definition) is 1. The fourth-order valence-corrected chi connectivity index (χ4v) is 3.27. The van der Waals surface area contributed by atoms with Crippen LogP contribution in [0.4, 0.5) is 0 Å². The molecule has 3 heteroatoms. The molecule has 0 aromatic heterocycles. The number of likely N-dealkylation sites (N-methyl/N-ethyl adjacent to an activating group) is 1. The van der Waals surface area contributed by atoms with E-state index in [1.165, 1.54) is 24.9 Å². The molecule has 0 spiro atoms. The van der Waals surface area contributed by atoms with Gasteiger partial charge in [-0.25, -0.2) is 0 Å². The Morgan fingerprint density at radius 1 is 1.33 bits per heavy atom. The van der Waals surface area contributed by atoms with Gasteiger partial charge in [-0.15, -0.1) is 0 Å². The topological polar surface area (TPSA) is 30.3 Å². The van der Waals surface area contributed by atoms with E-state index in [1.54, 1.807) is 0 Å². The summed E-state index contributed by atoms with van der Waals surface area (Å²) in [5.41, 5.74) is 2.43. The average molecular weight is 243 g/mol. The Morgan fingerprint density at radius 2 is 2.17 bits per heavy atom. The molecule has 1 unspecified atom stereocenters. The molecular formula is C15H21N3. The maximum Gasteiger partial charge on any atom is 0.128 e. The van der Waals surface area contributed by atoms with Gasteiger partial charge in [-0.05, 0) is 31.5 Å². The smallest absolute Gasteiger partial charge is 0.128 e. The predicted octanol–water partition coefficient (Wildman–Crippen LogP) is 2.31. The molecule has 2 aliphatic rings. The molecule has 0 amide bonds. The van der Waals surface area contributed by atoms with E-state index in [9.17, 15) is 0 Å². The van der Waals surface area contributed by atoms with Crippen LogP contribution >= 0.6 is 0 Å². The second kappa shape index (κ2) is 4.73. The maximum absolute atomic E-state index is 8.28. The molecule has 2 heterocycles. The van der Waals surface area contributed by atoms with Gasteiger partial charge in [0, 0.05) is 24.7 Å². The Balaban J connectivity index is 1.71. The first-order chi connectivity index (χ1) is 8.79. The first kappa shape index (κ1) is 11.7. The molecule has 0 aliphatic carbocycles. The average Bonchev–Trinajstić information content (AvgIpc) is 2.96. The van der Waals surface area contributed by atoms with Crippen molar-refractivity contribution in [2.45, 2.75) is 32.4 Å². The highest BCUT2D eigenvalue weighted by Gasteiger charge is 2.29. The van der Waals surface area contributed by atoms with Crippen LogP contribution in [-0.4, -0.2) is 41.3 Å². The number of hydrogen-bond acceptors (Lipinski definition) is 2. The van der Waals surface area contributed by atoms with Crippen LogP contribution in [0.2, 0.25) is 0 Å². The molecule has 0 saturated carbocycles. The minimum Gasteiger partial charge on any atom is -0.351 e. The Morgan fingerprint density at radius 3 is 2.94 bits per heavy atom. The molecule has 1 N–H and O–H groups in total. The van der Waals surface area contributed by atoms with Gasteiger partial charge < -0.3 is 4.90 Å². The van der Waals surface area contributed by atoms with Crippen LogP contribution in [0, 0.1) is 5.41 Å². The second-order valence-electron chi connectivity index (χ2n) is 5.31. The normalized spacial score (nSPS) is 23.7. The summed E-state index contributed by atoms with van der Waals surface area (Å²) in [4.78, 5) is 4.79. The molecule has 3 rings (SSSR count). The zero-order chi connectivity index (χ0) is 12.5. The zero-order valence-corrected chi connectivity index (χ0v) is 11.0. The Bertz CT molecular complexity index is 455. The SMILES string of the molecule is CCN1CCCC1CN1Cc2ccccc2C1=N. The van der Waals surface area contributed by atoms with E-state index in [2.05, 4.69) is 34.9 Å². The minimum atomic E-state index is 0.643. The number of benzene rings is 1. The van der Waals surface area contributed by atoms with E-state index >= 15 is 0 Å². The standard InChI is InChI=1S/C15H21N3/c1-2-17-9-5-7-13(17)11-18-10-12-6-3-4-8-14(12)15(18)16/h3-4,6,8,13,16H,2,5,7,9-11H2,1H3. The van der Waals surface area contributed by atoms with Crippen LogP contribution in [-0.2, 0) is 6.54 Å². The van der Waals surface area contributed by atoms with E-state index in [0.29, 0.717) is 11.9 Å². The van der Waals surface area contributed by atoms with E-state index in [1.807, 2.05) is 6.07 Å². The van der Waals surface area contributed by atoms with Gasteiger partial charge >= 0.3 is 0 Å². The van der Waals surface area contributed by atoms with Crippen LogP contribution in [0.5, 0.6) is 0 Å². The summed E-state index contributed by atoms with van der Waals surface area (Å²) in [5.74, 6) is 0.716. The number of nitrogens with zero attached hydrogens (tertiary/aromatic N) is 2. The lowest BCUT2D eigenvalue weighted by molar-refractivity contribution is 0.223.